The van der Waals surface area contributed by atoms with E-state index < -0.39 is 0 Å². The van der Waals surface area contributed by atoms with Crippen LogP contribution in [-0.2, 0) is 17.9 Å². The Balaban J connectivity index is 1.10. The van der Waals surface area contributed by atoms with Crippen LogP contribution in [0.4, 0.5) is 0 Å². The van der Waals surface area contributed by atoms with Crippen LogP contribution in [0.3, 0.4) is 0 Å². The van der Waals surface area contributed by atoms with Crippen molar-refractivity contribution in [3.8, 4) is 11.4 Å². The molecule has 0 unspecified atom stereocenters. The summed E-state index contributed by atoms with van der Waals surface area (Å²) in [6, 6.07) is 12.2. The first kappa shape index (κ1) is 22.7. The number of likely N-dealkylation sites (tertiary alicyclic amines) is 1. The van der Waals surface area contributed by atoms with E-state index in [9.17, 15) is 4.79 Å². The maximum atomic E-state index is 13.2. The van der Waals surface area contributed by atoms with Gasteiger partial charge < -0.3 is 9.42 Å². The Kier molecular flexibility index (Phi) is 6.97. The first-order valence-electron chi connectivity index (χ1n) is 12.2. The molecule has 4 heterocycles. The van der Waals surface area contributed by atoms with Crippen molar-refractivity contribution in [2.45, 2.75) is 32.9 Å². The number of carbonyl (C=O) groups is 1. The molecule has 178 valence electrons. The first-order chi connectivity index (χ1) is 16.6. The third kappa shape index (κ3) is 5.51. The number of hydrogen-bond donors (Lipinski definition) is 0. The molecule has 0 spiro atoms. The fourth-order valence-electron chi connectivity index (χ4n) is 4.87. The van der Waals surface area contributed by atoms with Crippen LogP contribution in [0.25, 0.3) is 11.4 Å². The number of carbonyl (C=O) groups excluding carboxylic acids is 1. The van der Waals surface area contributed by atoms with E-state index in [1.807, 2.05) is 41.4 Å². The zero-order chi connectivity index (χ0) is 23.3. The molecule has 2 aliphatic rings. The third-order valence-corrected chi connectivity index (χ3v) is 6.80. The van der Waals surface area contributed by atoms with Gasteiger partial charge in [-0.05, 0) is 37.9 Å². The summed E-state index contributed by atoms with van der Waals surface area (Å²) in [6.07, 6.45) is 5.76. The molecule has 3 aromatic rings. The van der Waals surface area contributed by atoms with Gasteiger partial charge in [-0.3, -0.25) is 19.6 Å². The molecule has 8 heteroatoms. The van der Waals surface area contributed by atoms with Gasteiger partial charge in [-0.2, -0.15) is 4.98 Å². The second-order valence-electron chi connectivity index (χ2n) is 9.41. The molecule has 34 heavy (non-hydrogen) atoms. The number of piperidine rings is 1. The van der Waals surface area contributed by atoms with Gasteiger partial charge in [0.15, 0.2) is 0 Å². The molecular weight excluding hydrogens is 428 g/mol. The molecule has 1 aromatic carbocycles. The van der Waals surface area contributed by atoms with E-state index in [0.717, 1.165) is 64.2 Å². The average Bonchev–Trinajstić information content (AvgIpc) is 3.34. The Labute approximate surface area is 200 Å². The number of aromatic nitrogens is 3. The highest BCUT2D eigenvalue weighted by Crippen LogP contribution is 2.22. The SMILES string of the molecule is Cc1ccc(-c2noc(CN3CCN(C(=O)[C@@H]4CCCN(Cc5cccnc5)C4)CC3)n2)cc1. The van der Waals surface area contributed by atoms with Crippen LogP contribution in [0.1, 0.15) is 29.9 Å². The lowest BCUT2D eigenvalue weighted by atomic mass is 9.96. The summed E-state index contributed by atoms with van der Waals surface area (Å²) in [5.41, 5.74) is 3.37. The predicted molar refractivity (Wildman–Crippen MR) is 129 cm³/mol. The van der Waals surface area contributed by atoms with Gasteiger partial charge in [0, 0.05) is 57.2 Å². The Morgan fingerprint density at radius 2 is 1.85 bits per heavy atom. The van der Waals surface area contributed by atoms with Crippen LogP contribution in [0.5, 0.6) is 0 Å². The molecule has 0 saturated carbocycles. The van der Waals surface area contributed by atoms with Crippen molar-refractivity contribution in [1.82, 2.24) is 29.8 Å². The molecule has 1 amide bonds. The summed E-state index contributed by atoms with van der Waals surface area (Å²) in [6.45, 7) is 8.54. The molecule has 2 aliphatic heterocycles. The van der Waals surface area contributed by atoms with Gasteiger partial charge in [0.05, 0.1) is 12.5 Å². The number of nitrogens with zero attached hydrogens (tertiary/aromatic N) is 6. The third-order valence-electron chi connectivity index (χ3n) is 6.80. The van der Waals surface area contributed by atoms with E-state index in [1.165, 1.54) is 11.1 Å². The summed E-state index contributed by atoms with van der Waals surface area (Å²) in [7, 11) is 0. The monoisotopic (exact) mass is 460 g/mol. The van der Waals surface area contributed by atoms with Gasteiger partial charge in [-0.1, -0.05) is 41.1 Å². The number of amides is 1. The van der Waals surface area contributed by atoms with Crippen LogP contribution in [-0.4, -0.2) is 75.0 Å². The Bertz CT molecular complexity index is 1080. The summed E-state index contributed by atoms with van der Waals surface area (Å²) in [5, 5.41) is 4.14. The first-order valence-corrected chi connectivity index (χ1v) is 12.2. The molecule has 8 nitrogen and oxygen atoms in total. The van der Waals surface area contributed by atoms with Gasteiger partial charge in [0.2, 0.25) is 17.6 Å². The van der Waals surface area contributed by atoms with Gasteiger partial charge in [-0.15, -0.1) is 0 Å². The standard InChI is InChI=1S/C26H32N6O2/c1-20-6-8-22(9-7-20)25-28-24(34-29-25)19-30-12-14-32(15-13-30)26(33)23-5-3-11-31(18-23)17-21-4-2-10-27-16-21/h2,4,6-10,16,23H,3,5,11-15,17-19H2,1H3/t23-/m1/s1. The second kappa shape index (κ2) is 10.4. The summed E-state index contributed by atoms with van der Waals surface area (Å²) < 4.78 is 5.49. The van der Waals surface area contributed by atoms with E-state index in [-0.39, 0.29) is 5.92 Å². The lowest BCUT2D eigenvalue weighted by molar-refractivity contribution is -0.139. The van der Waals surface area contributed by atoms with Crippen LogP contribution < -0.4 is 0 Å². The minimum atomic E-state index is 0.0879. The number of piperazine rings is 1. The van der Waals surface area contributed by atoms with Crippen molar-refractivity contribution in [2.75, 3.05) is 39.3 Å². The molecule has 2 fully saturated rings. The zero-order valence-corrected chi connectivity index (χ0v) is 19.8. The van der Waals surface area contributed by atoms with E-state index in [0.29, 0.717) is 24.2 Å². The lowest BCUT2D eigenvalue weighted by Gasteiger charge is -2.38. The molecule has 0 N–H and O–H groups in total. The van der Waals surface area contributed by atoms with E-state index in [4.69, 9.17) is 4.52 Å². The molecular formula is C26H32N6O2. The van der Waals surface area contributed by atoms with Gasteiger partial charge in [0.1, 0.15) is 0 Å². The van der Waals surface area contributed by atoms with Crippen molar-refractivity contribution >= 4 is 5.91 Å². The normalized spacial score (nSPS) is 19.9. The minimum absolute atomic E-state index is 0.0879. The van der Waals surface area contributed by atoms with E-state index >= 15 is 0 Å². The minimum Gasteiger partial charge on any atom is -0.340 e. The van der Waals surface area contributed by atoms with E-state index in [2.05, 4.69) is 37.9 Å². The average molecular weight is 461 g/mol. The summed E-state index contributed by atoms with van der Waals surface area (Å²) >= 11 is 0. The van der Waals surface area contributed by atoms with Gasteiger partial charge >= 0.3 is 0 Å². The maximum absolute atomic E-state index is 13.2. The number of benzene rings is 1. The predicted octanol–water partition coefficient (Wildman–Crippen LogP) is 3.00. The number of aryl methyl sites for hydroxylation is 1. The molecule has 0 bridgehead atoms. The van der Waals surface area contributed by atoms with Crippen molar-refractivity contribution in [1.29, 1.82) is 0 Å². The van der Waals surface area contributed by atoms with Crippen LogP contribution >= 0.6 is 0 Å². The van der Waals surface area contributed by atoms with Crippen LogP contribution in [0.15, 0.2) is 53.3 Å². The van der Waals surface area contributed by atoms with E-state index in [1.54, 1.807) is 6.20 Å². The number of rotatable bonds is 6. The highest BCUT2D eigenvalue weighted by Gasteiger charge is 2.31. The molecule has 0 aliphatic carbocycles. The molecule has 1 atom stereocenters. The Morgan fingerprint density at radius 3 is 2.62 bits per heavy atom. The van der Waals surface area contributed by atoms with Crippen molar-refractivity contribution in [3.05, 3.63) is 65.8 Å². The largest absolute Gasteiger partial charge is 0.340 e. The van der Waals surface area contributed by atoms with Crippen molar-refractivity contribution in [3.63, 3.8) is 0 Å². The topological polar surface area (TPSA) is 78.6 Å². The molecule has 2 aromatic heterocycles. The Hall–Kier alpha value is -3.10. The maximum Gasteiger partial charge on any atom is 0.241 e. The molecule has 5 rings (SSSR count). The second-order valence-corrected chi connectivity index (χ2v) is 9.41. The Morgan fingerprint density at radius 1 is 1.03 bits per heavy atom. The fraction of sp³-hybridized carbons (Fsp3) is 0.462. The van der Waals surface area contributed by atoms with Gasteiger partial charge in [0.25, 0.3) is 0 Å². The van der Waals surface area contributed by atoms with Crippen molar-refractivity contribution < 1.29 is 9.32 Å². The zero-order valence-electron chi connectivity index (χ0n) is 19.8. The van der Waals surface area contributed by atoms with Crippen LogP contribution in [0, 0.1) is 12.8 Å². The summed E-state index contributed by atoms with van der Waals surface area (Å²) in [4.78, 5) is 28.7. The quantitative estimate of drug-likeness (QED) is 0.560. The van der Waals surface area contributed by atoms with Gasteiger partial charge in [-0.25, -0.2) is 0 Å². The highest BCUT2D eigenvalue weighted by molar-refractivity contribution is 5.79. The van der Waals surface area contributed by atoms with Crippen molar-refractivity contribution in [2.24, 2.45) is 5.92 Å². The molecule has 0 radical (unpaired) electrons. The fourth-order valence-corrected chi connectivity index (χ4v) is 4.87. The van der Waals surface area contributed by atoms with Crippen LogP contribution in [0.2, 0.25) is 0 Å². The number of hydrogen-bond acceptors (Lipinski definition) is 7. The molecule has 2 saturated heterocycles. The lowest BCUT2D eigenvalue weighted by Crippen LogP contribution is -2.52. The highest BCUT2D eigenvalue weighted by atomic mass is 16.5. The summed E-state index contributed by atoms with van der Waals surface area (Å²) in [5.74, 6) is 1.63. The number of pyridine rings is 1. The smallest absolute Gasteiger partial charge is 0.241 e.